The van der Waals surface area contributed by atoms with Gasteiger partial charge in [-0.3, -0.25) is 0 Å². The second kappa shape index (κ2) is 6.39. The molecule has 0 radical (unpaired) electrons. The molecule has 0 bridgehead atoms. The van der Waals surface area contributed by atoms with E-state index >= 15 is 0 Å². The van der Waals surface area contributed by atoms with Crippen LogP contribution < -0.4 is 5.32 Å². The fourth-order valence-electron chi connectivity index (χ4n) is 2.45. The number of carbonyl (C=O) groups excluding carboxylic acids is 1. The van der Waals surface area contributed by atoms with Crippen molar-refractivity contribution in [1.29, 1.82) is 0 Å². The van der Waals surface area contributed by atoms with E-state index in [1.54, 1.807) is 11.3 Å². The number of ether oxygens (including phenoxy) is 1. The third-order valence-corrected chi connectivity index (χ3v) is 4.29. The second-order valence-electron chi connectivity index (χ2n) is 5.09. The molecule has 0 saturated carbocycles. The van der Waals surface area contributed by atoms with Gasteiger partial charge in [-0.2, -0.15) is 0 Å². The summed E-state index contributed by atoms with van der Waals surface area (Å²) in [6.07, 6.45) is 1.12. The van der Waals surface area contributed by atoms with E-state index in [9.17, 15) is 4.79 Å². The van der Waals surface area contributed by atoms with Gasteiger partial charge in [0.05, 0.1) is 18.2 Å². The molecule has 1 aromatic rings. The van der Waals surface area contributed by atoms with E-state index < -0.39 is 0 Å². The summed E-state index contributed by atoms with van der Waals surface area (Å²) in [5.74, 6) is 0. The van der Waals surface area contributed by atoms with Crippen molar-refractivity contribution in [2.45, 2.75) is 45.4 Å². The van der Waals surface area contributed by atoms with Crippen LogP contribution in [-0.4, -0.2) is 36.2 Å². The molecular formula is C14H22N2O2S. The van der Waals surface area contributed by atoms with Gasteiger partial charge in [-0.25, -0.2) is 4.79 Å². The van der Waals surface area contributed by atoms with Crippen molar-refractivity contribution in [1.82, 2.24) is 10.2 Å². The quantitative estimate of drug-likeness (QED) is 0.926. The molecule has 0 aromatic carbocycles. The first-order valence-corrected chi connectivity index (χ1v) is 7.72. The zero-order valence-corrected chi connectivity index (χ0v) is 12.6. The standard InChI is InChI=1S/C14H22N2O2S/c1-4-12(13-6-5-7-19-13)15-14(17)16-8-10(2)18-11(3)9-16/h5-7,10-12H,4,8-9H2,1-3H3,(H,15,17)/t10-,11-,12+/m1/s1. The maximum atomic E-state index is 12.3. The van der Waals surface area contributed by atoms with Gasteiger partial charge in [-0.1, -0.05) is 13.0 Å². The van der Waals surface area contributed by atoms with Crippen LogP contribution in [0.4, 0.5) is 4.79 Å². The molecule has 3 atom stereocenters. The summed E-state index contributed by atoms with van der Waals surface area (Å²) in [6, 6.07) is 4.22. The Morgan fingerprint density at radius 2 is 2.21 bits per heavy atom. The minimum absolute atomic E-state index is 0.0160. The number of thiophene rings is 1. The van der Waals surface area contributed by atoms with Crippen molar-refractivity contribution in [2.75, 3.05) is 13.1 Å². The predicted molar refractivity (Wildman–Crippen MR) is 77.5 cm³/mol. The highest BCUT2D eigenvalue weighted by Gasteiger charge is 2.27. The molecule has 4 nitrogen and oxygen atoms in total. The monoisotopic (exact) mass is 282 g/mol. The summed E-state index contributed by atoms with van der Waals surface area (Å²) < 4.78 is 5.65. The van der Waals surface area contributed by atoms with Gasteiger partial charge < -0.3 is 15.0 Å². The van der Waals surface area contributed by atoms with E-state index in [4.69, 9.17) is 4.74 Å². The summed E-state index contributed by atoms with van der Waals surface area (Å²) in [5.41, 5.74) is 0. The lowest BCUT2D eigenvalue weighted by Gasteiger charge is -2.36. The van der Waals surface area contributed by atoms with Crippen LogP contribution in [-0.2, 0) is 4.74 Å². The van der Waals surface area contributed by atoms with Gasteiger partial charge in [0.2, 0.25) is 0 Å². The lowest BCUT2D eigenvalue weighted by atomic mass is 10.2. The lowest BCUT2D eigenvalue weighted by Crippen LogP contribution is -2.52. The van der Waals surface area contributed by atoms with Gasteiger partial charge in [0.1, 0.15) is 0 Å². The van der Waals surface area contributed by atoms with Crippen molar-refractivity contribution in [2.24, 2.45) is 0 Å². The fraction of sp³-hybridized carbons (Fsp3) is 0.643. The molecule has 106 valence electrons. The molecule has 1 saturated heterocycles. The first-order chi connectivity index (χ1) is 9.10. The molecular weight excluding hydrogens is 260 g/mol. The Balaban J connectivity index is 1.96. The Morgan fingerprint density at radius 3 is 2.74 bits per heavy atom. The summed E-state index contributed by atoms with van der Waals surface area (Å²) in [5, 5.41) is 5.17. The predicted octanol–water partition coefficient (Wildman–Crippen LogP) is 3.02. The van der Waals surface area contributed by atoms with Crippen molar-refractivity contribution >= 4 is 17.4 Å². The zero-order valence-electron chi connectivity index (χ0n) is 11.8. The number of morpholine rings is 1. The molecule has 1 N–H and O–H groups in total. The molecule has 0 spiro atoms. The molecule has 0 unspecified atom stereocenters. The molecule has 2 rings (SSSR count). The second-order valence-corrected chi connectivity index (χ2v) is 6.07. The van der Waals surface area contributed by atoms with Crippen molar-refractivity contribution in [3.8, 4) is 0 Å². The van der Waals surface area contributed by atoms with Gasteiger partial charge in [0.15, 0.2) is 0 Å². The van der Waals surface area contributed by atoms with Crippen LogP contribution in [0.3, 0.4) is 0 Å². The van der Waals surface area contributed by atoms with Crippen molar-refractivity contribution < 1.29 is 9.53 Å². The Bertz CT molecular complexity index is 398. The first kappa shape index (κ1) is 14.3. The number of nitrogens with one attached hydrogen (secondary N) is 1. The molecule has 1 aliphatic rings. The summed E-state index contributed by atoms with van der Waals surface area (Å²) in [4.78, 5) is 15.4. The molecule has 1 fully saturated rings. The Labute approximate surface area is 118 Å². The minimum atomic E-state index is 0.0160. The molecule has 5 heteroatoms. The SMILES string of the molecule is CC[C@H](NC(=O)N1C[C@@H](C)O[C@H](C)C1)c1cccs1. The Hall–Kier alpha value is -1.07. The number of carbonyl (C=O) groups is 1. The third-order valence-electron chi connectivity index (χ3n) is 3.30. The topological polar surface area (TPSA) is 41.6 Å². The number of urea groups is 1. The van der Waals surface area contributed by atoms with E-state index in [1.165, 1.54) is 4.88 Å². The number of hydrogen-bond acceptors (Lipinski definition) is 3. The Kier molecular flexibility index (Phi) is 4.82. The van der Waals surface area contributed by atoms with Crippen LogP contribution in [0, 0.1) is 0 Å². The minimum Gasteiger partial charge on any atom is -0.372 e. The van der Waals surface area contributed by atoms with E-state index in [-0.39, 0.29) is 24.3 Å². The van der Waals surface area contributed by atoms with E-state index in [2.05, 4.69) is 18.3 Å². The molecule has 1 aromatic heterocycles. The van der Waals surface area contributed by atoms with Crippen LogP contribution >= 0.6 is 11.3 Å². The highest BCUT2D eigenvalue weighted by Crippen LogP contribution is 2.22. The summed E-state index contributed by atoms with van der Waals surface area (Å²) >= 11 is 1.69. The number of amides is 2. The van der Waals surface area contributed by atoms with Gasteiger partial charge in [0.25, 0.3) is 0 Å². The zero-order chi connectivity index (χ0) is 13.8. The van der Waals surface area contributed by atoms with E-state index in [0.29, 0.717) is 13.1 Å². The van der Waals surface area contributed by atoms with Gasteiger partial charge in [-0.05, 0) is 31.7 Å². The third kappa shape index (κ3) is 3.70. The number of nitrogens with zero attached hydrogens (tertiary/aromatic N) is 1. The summed E-state index contributed by atoms with van der Waals surface area (Å²) in [7, 11) is 0. The molecule has 1 aliphatic heterocycles. The maximum absolute atomic E-state index is 12.3. The maximum Gasteiger partial charge on any atom is 0.318 e. The highest BCUT2D eigenvalue weighted by atomic mass is 32.1. The first-order valence-electron chi connectivity index (χ1n) is 6.84. The van der Waals surface area contributed by atoms with Crippen molar-refractivity contribution in [3.63, 3.8) is 0 Å². The Morgan fingerprint density at radius 1 is 1.53 bits per heavy atom. The number of rotatable bonds is 3. The van der Waals surface area contributed by atoms with E-state index in [0.717, 1.165) is 6.42 Å². The van der Waals surface area contributed by atoms with Gasteiger partial charge in [-0.15, -0.1) is 11.3 Å². The van der Waals surface area contributed by atoms with Crippen LogP contribution in [0.15, 0.2) is 17.5 Å². The fourth-order valence-corrected chi connectivity index (χ4v) is 3.31. The lowest BCUT2D eigenvalue weighted by molar-refractivity contribution is -0.0547. The normalized spacial score (nSPS) is 25.1. The summed E-state index contributed by atoms with van der Waals surface area (Å²) in [6.45, 7) is 7.43. The van der Waals surface area contributed by atoms with Crippen molar-refractivity contribution in [3.05, 3.63) is 22.4 Å². The van der Waals surface area contributed by atoms with Crippen LogP contribution in [0.5, 0.6) is 0 Å². The van der Waals surface area contributed by atoms with Gasteiger partial charge in [0, 0.05) is 18.0 Å². The molecule has 2 amide bonds. The van der Waals surface area contributed by atoms with Crippen LogP contribution in [0.1, 0.15) is 38.1 Å². The van der Waals surface area contributed by atoms with Gasteiger partial charge >= 0.3 is 6.03 Å². The van der Waals surface area contributed by atoms with E-state index in [1.807, 2.05) is 30.2 Å². The number of hydrogen-bond donors (Lipinski definition) is 1. The molecule has 19 heavy (non-hydrogen) atoms. The average molecular weight is 282 g/mol. The molecule has 2 heterocycles. The average Bonchev–Trinajstić information content (AvgIpc) is 2.88. The largest absolute Gasteiger partial charge is 0.372 e. The highest BCUT2D eigenvalue weighted by molar-refractivity contribution is 7.10. The van der Waals surface area contributed by atoms with Crippen LogP contribution in [0.2, 0.25) is 0 Å². The van der Waals surface area contributed by atoms with Crippen LogP contribution in [0.25, 0.3) is 0 Å². The molecule has 0 aliphatic carbocycles. The smallest absolute Gasteiger partial charge is 0.318 e.